The topological polar surface area (TPSA) is 34.1 Å². The molecule has 3 nitrogen and oxygen atoms in total. The first-order chi connectivity index (χ1) is 9.00. The number of nitrogens with zero attached hydrogens (tertiary/aromatic N) is 1. The van der Waals surface area contributed by atoms with Crippen LogP contribution in [0.5, 0.6) is 0 Å². The number of rotatable bonds is 7. The Labute approximate surface area is 120 Å². The second-order valence-corrected chi connectivity index (χ2v) is 7.01. The van der Waals surface area contributed by atoms with Gasteiger partial charge < -0.3 is 10.1 Å². The lowest BCUT2D eigenvalue weighted by Gasteiger charge is -2.23. The smallest absolute Gasteiger partial charge is 0.125 e. The monoisotopic (exact) mass is 282 g/mol. The number of hydrogen-bond donors (Lipinski definition) is 1. The zero-order valence-corrected chi connectivity index (χ0v) is 13.6. The Hall–Kier alpha value is -0.450. The second-order valence-electron chi connectivity index (χ2n) is 5.93. The Bertz CT molecular complexity index is 420. The molecule has 4 heteroatoms. The number of nitrogens with one attached hydrogen (secondary N) is 1. The van der Waals surface area contributed by atoms with Crippen LogP contribution < -0.4 is 5.32 Å². The van der Waals surface area contributed by atoms with Crippen molar-refractivity contribution in [3.05, 3.63) is 15.6 Å². The molecule has 1 saturated carbocycles. The molecule has 1 atom stereocenters. The summed E-state index contributed by atoms with van der Waals surface area (Å²) in [6.45, 7) is 9.61. The van der Waals surface area contributed by atoms with Crippen LogP contribution in [0.2, 0.25) is 0 Å². The number of ether oxygens (including phenoxy) is 1. The number of hydrogen-bond acceptors (Lipinski definition) is 4. The fraction of sp³-hybridized carbons (Fsp3) is 0.800. The SMILES string of the molecule is CCC(C)(OC)c1nc(C2CC2)c(CNC(C)C)s1. The largest absolute Gasteiger partial charge is 0.371 e. The maximum atomic E-state index is 5.69. The van der Waals surface area contributed by atoms with Crippen molar-refractivity contribution in [2.75, 3.05) is 7.11 Å². The summed E-state index contributed by atoms with van der Waals surface area (Å²) in [6.07, 6.45) is 3.56. The van der Waals surface area contributed by atoms with Crippen molar-refractivity contribution in [2.45, 2.75) is 71.1 Å². The minimum Gasteiger partial charge on any atom is -0.371 e. The van der Waals surface area contributed by atoms with Gasteiger partial charge in [0.15, 0.2) is 0 Å². The molecule has 1 fully saturated rings. The van der Waals surface area contributed by atoms with Crippen molar-refractivity contribution in [1.29, 1.82) is 0 Å². The standard InChI is InChI=1S/C15H26N2OS/c1-6-15(4,18-5)14-17-13(11-7-8-11)12(19-14)9-16-10(2)3/h10-11,16H,6-9H2,1-5H3. The Morgan fingerprint density at radius 2 is 2.16 bits per heavy atom. The molecule has 1 aromatic rings. The van der Waals surface area contributed by atoms with E-state index in [-0.39, 0.29) is 5.60 Å². The Morgan fingerprint density at radius 3 is 2.63 bits per heavy atom. The van der Waals surface area contributed by atoms with Gasteiger partial charge in [0.1, 0.15) is 10.6 Å². The van der Waals surface area contributed by atoms with E-state index < -0.39 is 0 Å². The highest BCUT2D eigenvalue weighted by Gasteiger charge is 2.34. The van der Waals surface area contributed by atoms with E-state index in [9.17, 15) is 0 Å². The highest BCUT2D eigenvalue weighted by atomic mass is 32.1. The van der Waals surface area contributed by atoms with Gasteiger partial charge in [-0.2, -0.15) is 0 Å². The van der Waals surface area contributed by atoms with E-state index in [4.69, 9.17) is 9.72 Å². The van der Waals surface area contributed by atoms with Gasteiger partial charge >= 0.3 is 0 Å². The fourth-order valence-corrected chi connectivity index (χ4v) is 3.37. The Kier molecular flexibility index (Phi) is 4.64. The summed E-state index contributed by atoms with van der Waals surface area (Å²) in [7, 11) is 1.79. The third kappa shape index (κ3) is 3.36. The molecule has 1 unspecified atom stereocenters. The van der Waals surface area contributed by atoms with Gasteiger partial charge in [0.25, 0.3) is 0 Å². The van der Waals surface area contributed by atoms with Gasteiger partial charge in [-0.15, -0.1) is 11.3 Å². The molecule has 0 radical (unpaired) electrons. The van der Waals surface area contributed by atoms with Crippen molar-refractivity contribution >= 4 is 11.3 Å². The molecule has 1 aliphatic carbocycles. The molecular weight excluding hydrogens is 256 g/mol. The molecule has 0 amide bonds. The van der Waals surface area contributed by atoms with Crippen LogP contribution >= 0.6 is 11.3 Å². The average Bonchev–Trinajstić information content (AvgIpc) is 3.15. The normalized spacial score (nSPS) is 18.8. The van der Waals surface area contributed by atoms with E-state index in [0.29, 0.717) is 12.0 Å². The minimum absolute atomic E-state index is 0.232. The first-order valence-corrected chi connectivity index (χ1v) is 8.10. The van der Waals surface area contributed by atoms with Gasteiger partial charge in [-0.05, 0) is 26.2 Å². The number of methoxy groups -OCH3 is 1. The van der Waals surface area contributed by atoms with Crippen molar-refractivity contribution < 1.29 is 4.74 Å². The third-order valence-electron chi connectivity index (χ3n) is 3.94. The average molecular weight is 282 g/mol. The maximum absolute atomic E-state index is 5.69. The van der Waals surface area contributed by atoms with E-state index in [2.05, 4.69) is 33.0 Å². The Morgan fingerprint density at radius 1 is 1.47 bits per heavy atom. The maximum Gasteiger partial charge on any atom is 0.125 e. The summed E-state index contributed by atoms with van der Waals surface area (Å²) >= 11 is 1.83. The van der Waals surface area contributed by atoms with E-state index >= 15 is 0 Å². The summed E-state index contributed by atoms with van der Waals surface area (Å²) in [5.41, 5.74) is 1.09. The van der Waals surface area contributed by atoms with Crippen molar-refractivity contribution in [1.82, 2.24) is 10.3 Å². The van der Waals surface area contributed by atoms with Gasteiger partial charge in [0.2, 0.25) is 0 Å². The molecule has 0 spiro atoms. The summed E-state index contributed by atoms with van der Waals surface area (Å²) < 4.78 is 5.69. The predicted octanol–water partition coefficient (Wildman–Crippen LogP) is 3.79. The van der Waals surface area contributed by atoms with E-state index in [1.165, 1.54) is 23.4 Å². The molecule has 19 heavy (non-hydrogen) atoms. The van der Waals surface area contributed by atoms with Crippen LogP contribution in [0.4, 0.5) is 0 Å². The fourth-order valence-electron chi connectivity index (χ4n) is 2.07. The second kappa shape index (κ2) is 5.90. The summed E-state index contributed by atoms with van der Waals surface area (Å²) in [5.74, 6) is 0.701. The van der Waals surface area contributed by atoms with Crippen molar-refractivity contribution in [2.24, 2.45) is 0 Å². The third-order valence-corrected chi connectivity index (χ3v) is 5.26. The molecule has 1 N–H and O–H groups in total. The molecule has 1 aromatic heterocycles. The first kappa shape index (κ1) is 14.9. The quantitative estimate of drug-likeness (QED) is 0.826. The van der Waals surface area contributed by atoms with Crippen LogP contribution in [0, 0.1) is 0 Å². The highest BCUT2D eigenvalue weighted by molar-refractivity contribution is 7.11. The van der Waals surface area contributed by atoms with Crippen LogP contribution in [-0.2, 0) is 16.9 Å². The number of aromatic nitrogens is 1. The molecule has 0 aromatic carbocycles. The van der Waals surface area contributed by atoms with Crippen LogP contribution in [0.25, 0.3) is 0 Å². The highest BCUT2D eigenvalue weighted by Crippen LogP contribution is 2.44. The molecule has 1 aliphatic rings. The lowest BCUT2D eigenvalue weighted by molar-refractivity contribution is -0.00166. The summed E-state index contributed by atoms with van der Waals surface area (Å²) in [4.78, 5) is 6.32. The van der Waals surface area contributed by atoms with Gasteiger partial charge in [-0.25, -0.2) is 4.98 Å². The van der Waals surface area contributed by atoms with Gasteiger partial charge in [0, 0.05) is 30.5 Å². The van der Waals surface area contributed by atoms with Crippen LogP contribution in [0.1, 0.15) is 68.5 Å². The summed E-state index contributed by atoms with van der Waals surface area (Å²) in [5, 5.41) is 4.65. The lowest BCUT2D eigenvalue weighted by Crippen LogP contribution is -2.22. The van der Waals surface area contributed by atoms with Gasteiger partial charge in [0.05, 0.1) is 5.69 Å². The minimum atomic E-state index is -0.232. The van der Waals surface area contributed by atoms with Crippen LogP contribution in [0.3, 0.4) is 0 Å². The molecule has 2 rings (SSSR count). The first-order valence-electron chi connectivity index (χ1n) is 7.28. The molecule has 108 valence electrons. The zero-order valence-electron chi connectivity index (χ0n) is 12.7. The number of thiazole rings is 1. The lowest BCUT2D eigenvalue weighted by atomic mass is 10.0. The van der Waals surface area contributed by atoms with Gasteiger partial charge in [-0.1, -0.05) is 20.8 Å². The van der Waals surface area contributed by atoms with Crippen LogP contribution in [-0.4, -0.2) is 18.1 Å². The summed E-state index contributed by atoms with van der Waals surface area (Å²) in [6, 6.07) is 0.512. The van der Waals surface area contributed by atoms with E-state index in [1.54, 1.807) is 7.11 Å². The molecule has 1 heterocycles. The molecule has 0 aliphatic heterocycles. The van der Waals surface area contributed by atoms with Crippen molar-refractivity contribution in [3.8, 4) is 0 Å². The molecule has 0 bridgehead atoms. The van der Waals surface area contributed by atoms with Gasteiger partial charge in [-0.3, -0.25) is 0 Å². The molecule has 0 saturated heterocycles. The van der Waals surface area contributed by atoms with E-state index in [0.717, 1.165) is 18.0 Å². The molecular formula is C15H26N2OS. The zero-order chi connectivity index (χ0) is 14.0. The predicted molar refractivity (Wildman–Crippen MR) is 80.7 cm³/mol. The Balaban J connectivity index is 2.24. The van der Waals surface area contributed by atoms with E-state index in [1.807, 2.05) is 11.3 Å². The van der Waals surface area contributed by atoms with Crippen molar-refractivity contribution in [3.63, 3.8) is 0 Å². The van der Waals surface area contributed by atoms with Crippen LogP contribution in [0.15, 0.2) is 0 Å².